The summed E-state index contributed by atoms with van der Waals surface area (Å²) in [6.07, 6.45) is 8.16. The summed E-state index contributed by atoms with van der Waals surface area (Å²) >= 11 is 0. The minimum absolute atomic E-state index is 0.245. The van der Waals surface area contributed by atoms with Crippen LogP contribution < -0.4 is 4.90 Å². The molecule has 1 aliphatic carbocycles. The Hall–Kier alpha value is -2.18. The number of hydrogen-bond acceptors (Lipinski definition) is 5. The van der Waals surface area contributed by atoms with Gasteiger partial charge in [0.1, 0.15) is 0 Å². The summed E-state index contributed by atoms with van der Waals surface area (Å²) in [5.74, 6) is 0.248. The number of carboxylic acids is 1. The molecule has 2 heterocycles. The molecular formula is C18H26N4O3. The largest absolute Gasteiger partial charge is 0.481 e. The normalized spacial score (nSPS) is 24.2. The van der Waals surface area contributed by atoms with Crippen molar-refractivity contribution in [3.63, 3.8) is 0 Å². The molecule has 2 aliphatic rings. The van der Waals surface area contributed by atoms with Gasteiger partial charge in [-0.15, -0.1) is 0 Å². The van der Waals surface area contributed by atoms with E-state index >= 15 is 0 Å². The maximum Gasteiger partial charge on any atom is 0.303 e. The lowest BCUT2D eigenvalue weighted by Gasteiger charge is -2.37. The summed E-state index contributed by atoms with van der Waals surface area (Å²) in [6.45, 7) is 3.14. The summed E-state index contributed by atoms with van der Waals surface area (Å²) in [5.41, 5.74) is 1.05. The number of aliphatic carboxylic acids is 1. The van der Waals surface area contributed by atoms with Gasteiger partial charge in [-0.05, 0) is 43.6 Å². The highest BCUT2D eigenvalue weighted by atomic mass is 16.4. The van der Waals surface area contributed by atoms with Gasteiger partial charge in [-0.2, -0.15) is 10.2 Å². The highest BCUT2D eigenvalue weighted by Gasteiger charge is 2.27. The molecule has 25 heavy (non-hydrogen) atoms. The third-order valence-electron chi connectivity index (χ3n) is 5.46. The number of carbonyl (C=O) groups is 2. The summed E-state index contributed by atoms with van der Waals surface area (Å²) in [7, 11) is 0. The summed E-state index contributed by atoms with van der Waals surface area (Å²) in [4.78, 5) is 27.5. The molecule has 1 N–H and O–H groups in total. The van der Waals surface area contributed by atoms with Gasteiger partial charge in [0.25, 0.3) is 0 Å². The Labute approximate surface area is 148 Å². The molecule has 1 aromatic heterocycles. The fourth-order valence-corrected chi connectivity index (χ4v) is 3.95. The molecule has 7 heteroatoms. The monoisotopic (exact) mass is 346 g/mol. The van der Waals surface area contributed by atoms with Crippen LogP contribution in [0.3, 0.4) is 0 Å². The third-order valence-corrected chi connectivity index (χ3v) is 5.46. The molecule has 1 aromatic rings. The van der Waals surface area contributed by atoms with Gasteiger partial charge < -0.3 is 14.9 Å². The molecule has 1 amide bonds. The number of aromatic nitrogens is 2. The van der Waals surface area contributed by atoms with Gasteiger partial charge in [0.2, 0.25) is 5.91 Å². The Morgan fingerprint density at radius 1 is 1.00 bits per heavy atom. The van der Waals surface area contributed by atoms with Crippen molar-refractivity contribution < 1.29 is 14.7 Å². The second kappa shape index (κ2) is 8.27. The zero-order valence-electron chi connectivity index (χ0n) is 14.5. The van der Waals surface area contributed by atoms with E-state index in [-0.39, 0.29) is 12.3 Å². The highest BCUT2D eigenvalue weighted by molar-refractivity contribution is 5.76. The average Bonchev–Trinajstić information content (AvgIpc) is 2.64. The third kappa shape index (κ3) is 4.90. The molecule has 0 bridgehead atoms. The number of anilines is 1. The minimum Gasteiger partial charge on any atom is -0.481 e. The van der Waals surface area contributed by atoms with Crippen LogP contribution >= 0.6 is 0 Å². The Kier molecular flexibility index (Phi) is 5.83. The van der Waals surface area contributed by atoms with Gasteiger partial charge in [-0.25, -0.2) is 0 Å². The second-order valence-corrected chi connectivity index (χ2v) is 7.16. The lowest BCUT2D eigenvalue weighted by atomic mass is 9.79. The number of hydrogen-bond donors (Lipinski definition) is 1. The zero-order chi connectivity index (χ0) is 17.6. The van der Waals surface area contributed by atoms with Crippen molar-refractivity contribution >= 4 is 17.6 Å². The van der Waals surface area contributed by atoms with Crippen LogP contribution in [0.15, 0.2) is 18.5 Å². The molecule has 3 rings (SSSR count). The first-order chi connectivity index (χ1) is 12.1. The molecule has 7 nitrogen and oxygen atoms in total. The van der Waals surface area contributed by atoms with Crippen molar-refractivity contribution in [3.05, 3.63) is 18.5 Å². The van der Waals surface area contributed by atoms with E-state index in [1.807, 2.05) is 11.0 Å². The van der Waals surface area contributed by atoms with Crippen LogP contribution in [-0.2, 0) is 9.59 Å². The molecule has 1 saturated heterocycles. The van der Waals surface area contributed by atoms with E-state index in [9.17, 15) is 9.59 Å². The fraction of sp³-hybridized carbons (Fsp3) is 0.667. The van der Waals surface area contributed by atoms with Crippen molar-refractivity contribution in [1.29, 1.82) is 0 Å². The van der Waals surface area contributed by atoms with Crippen LogP contribution in [0.5, 0.6) is 0 Å². The maximum atomic E-state index is 12.6. The number of rotatable bonds is 5. The molecule has 0 unspecified atom stereocenters. The van der Waals surface area contributed by atoms with Gasteiger partial charge in [0, 0.05) is 39.0 Å². The maximum absolute atomic E-state index is 12.6. The summed E-state index contributed by atoms with van der Waals surface area (Å²) in [5, 5.41) is 16.6. The molecule has 136 valence electrons. The van der Waals surface area contributed by atoms with Gasteiger partial charge in [-0.1, -0.05) is 0 Å². The van der Waals surface area contributed by atoms with E-state index in [1.54, 1.807) is 12.4 Å². The van der Waals surface area contributed by atoms with Crippen LogP contribution in [0.1, 0.15) is 38.5 Å². The number of piperazine rings is 1. The van der Waals surface area contributed by atoms with Crippen LogP contribution in [-0.4, -0.2) is 58.3 Å². The molecule has 0 aromatic carbocycles. The van der Waals surface area contributed by atoms with E-state index in [1.165, 1.54) is 0 Å². The number of carbonyl (C=O) groups excluding carboxylic acids is 1. The standard InChI is InChI=1S/C18H26N4O3/c23-17(11-14-1-3-15(4-2-14)12-18(24)25)22-9-7-21(8-10-22)16-5-6-19-20-13-16/h5-6,13-15H,1-4,7-12H2,(H,24,25). The molecule has 0 atom stereocenters. The highest BCUT2D eigenvalue weighted by Crippen LogP contribution is 2.33. The summed E-state index contributed by atoms with van der Waals surface area (Å²) in [6, 6.07) is 1.94. The lowest BCUT2D eigenvalue weighted by molar-refractivity contribution is -0.139. The van der Waals surface area contributed by atoms with E-state index in [0.717, 1.165) is 57.5 Å². The zero-order valence-corrected chi connectivity index (χ0v) is 14.5. The van der Waals surface area contributed by atoms with Gasteiger partial charge in [0.15, 0.2) is 0 Å². The van der Waals surface area contributed by atoms with E-state index in [2.05, 4.69) is 15.1 Å². The van der Waals surface area contributed by atoms with Crippen LogP contribution in [0, 0.1) is 11.8 Å². The predicted molar refractivity (Wildman–Crippen MR) is 93.1 cm³/mol. The predicted octanol–water partition coefficient (Wildman–Crippen LogP) is 1.80. The summed E-state index contributed by atoms with van der Waals surface area (Å²) < 4.78 is 0. The Morgan fingerprint density at radius 2 is 1.64 bits per heavy atom. The van der Waals surface area contributed by atoms with E-state index in [0.29, 0.717) is 18.3 Å². The molecule has 0 spiro atoms. The first-order valence-corrected chi connectivity index (χ1v) is 9.13. The van der Waals surface area contributed by atoms with Crippen LogP contribution in [0.4, 0.5) is 5.69 Å². The SMILES string of the molecule is O=C(O)CC1CCC(CC(=O)N2CCN(c3ccnnc3)CC2)CC1. The lowest BCUT2D eigenvalue weighted by Crippen LogP contribution is -2.49. The molecule has 2 fully saturated rings. The second-order valence-electron chi connectivity index (χ2n) is 7.16. The Bertz CT molecular complexity index is 579. The quantitative estimate of drug-likeness (QED) is 0.875. The Balaban J connectivity index is 1.41. The number of nitrogens with zero attached hydrogens (tertiary/aromatic N) is 4. The van der Waals surface area contributed by atoms with E-state index < -0.39 is 5.97 Å². The number of amides is 1. The average molecular weight is 346 g/mol. The first-order valence-electron chi connectivity index (χ1n) is 9.13. The van der Waals surface area contributed by atoms with Crippen molar-refractivity contribution in [2.75, 3.05) is 31.1 Å². The molecule has 0 radical (unpaired) electrons. The van der Waals surface area contributed by atoms with E-state index in [4.69, 9.17) is 5.11 Å². The number of carboxylic acid groups (broad SMARTS) is 1. The topological polar surface area (TPSA) is 86.6 Å². The smallest absolute Gasteiger partial charge is 0.303 e. The fourth-order valence-electron chi connectivity index (χ4n) is 3.95. The van der Waals surface area contributed by atoms with Crippen molar-refractivity contribution in [1.82, 2.24) is 15.1 Å². The minimum atomic E-state index is -0.707. The van der Waals surface area contributed by atoms with Crippen LogP contribution in [0.2, 0.25) is 0 Å². The van der Waals surface area contributed by atoms with Gasteiger partial charge >= 0.3 is 5.97 Å². The van der Waals surface area contributed by atoms with Crippen molar-refractivity contribution in [2.24, 2.45) is 11.8 Å². The van der Waals surface area contributed by atoms with Gasteiger partial charge in [0.05, 0.1) is 18.1 Å². The molecular weight excluding hydrogens is 320 g/mol. The molecule has 1 aliphatic heterocycles. The van der Waals surface area contributed by atoms with Crippen LogP contribution in [0.25, 0.3) is 0 Å². The molecule has 1 saturated carbocycles. The first kappa shape index (κ1) is 17.6. The van der Waals surface area contributed by atoms with Crippen molar-refractivity contribution in [3.8, 4) is 0 Å². The Morgan fingerprint density at radius 3 is 2.20 bits per heavy atom. The van der Waals surface area contributed by atoms with Gasteiger partial charge in [-0.3, -0.25) is 9.59 Å². The van der Waals surface area contributed by atoms with Crippen molar-refractivity contribution in [2.45, 2.75) is 38.5 Å².